The number of hydrogen-bond donors (Lipinski definition) is 2. The molecule has 0 saturated carbocycles. The maximum absolute atomic E-state index is 13.7. The lowest BCUT2D eigenvalue weighted by Crippen LogP contribution is -2.28. The molecule has 3 aromatic rings. The van der Waals surface area contributed by atoms with Gasteiger partial charge in [0.1, 0.15) is 17.4 Å². The van der Waals surface area contributed by atoms with E-state index in [1.54, 1.807) is 20.8 Å². The zero-order valence-electron chi connectivity index (χ0n) is 16.5. The number of pyridine rings is 1. The number of rotatable bonds is 2. The van der Waals surface area contributed by atoms with Gasteiger partial charge in [-0.05, 0) is 19.1 Å². The molecule has 1 amide bonds. The van der Waals surface area contributed by atoms with Crippen LogP contribution in [-0.4, -0.2) is 25.5 Å². The van der Waals surface area contributed by atoms with E-state index >= 15 is 0 Å². The van der Waals surface area contributed by atoms with Crippen molar-refractivity contribution in [2.24, 2.45) is 5.41 Å². The first-order valence-corrected chi connectivity index (χ1v) is 8.74. The first kappa shape index (κ1) is 21.0. The lowest BCUT2D eigenvalue weighted by atomic mass is 9.96. The number of carbonyl (C=O) groups is 1. The number of anilines is 1. The van der Waals surface area contributed by atoms with E-state index in [1.165, 1.54) is 13.0 Å². The van der Waals surface area contributed by atoms with Gasteiger partial charge in [0, 0.05) is 17.2 Å². The van der Waals surface area contributed by atoms with Crippen LogP contribution < -0.4 is 10.9 Å². The van der Waals surface area contributed by atoms with Crippen LogP contribution in [0.4, 0.5) is 19.0 Å². The average molecular weight is 418 g/mol. The van der Waals surface area contributed by atoms with Crippen molar-refractivity contribution in [1.29, 1.82) is 5.26 Å². The maximum atomic E-state index is 13.7. The number of aryl methyl sites for hydroxylation is 1. The summed E-state index contributed by atoms with van der Waals surface area (Å²) < 4.78 is 42.3. The third-order valence-corrected chi connectivity index (χ3v) is 4.39. The highest BCUT2D eigenvalue weighted by atomic mass is 19.4. The number of nitrogens with zero attached hydrogens (tertiary/aromatic N) is 4. The number of nitriles is 1. The van der Waals surface area contributed by atoms with Crippen molar-refractivity contribution >= 4 is 17.2 Å². The second-order valence-electron chi connectivity index (χ2n) is 7.67. The molecule has 0 saturated heterocycles. The summed E-state index contributed by atoms with van der Waals surface area (Å²) in [5.74, 6) is -1.15. The average Bonchev–Trinajstić information content (AvgIpc) is 2.97. The molecule has 8 nitrogen and oxygen atoms in total. The Hall–Kier alpha value is -3.68. The normalized spacial score (nSPS) is 12.1. The van der Waals surface area contributed by atoms with Crippen LogP contribution in [0.5, 0.6) is 0 Å². The number of carbonyl (C=O) groups excluding carboxylic acids is 1. The molecule has 0 unspecified atom stereocenters. The van der Waals surface area contributed by atoms with Crippen LogP contribution in [-0.2, 0) is 11.0 Å². The zero-order chi connectivity index (χ0) is 22.4. The molecule has 0 spiro atoms. The molecule has 3 aromatic heterocycles. The molecule has 3 rings (SSSR count). The van der Waals surface area contributed by atoms with Gasteiger partial charge in [0.15, 0.2) is 5.82 Å². The second kappa shape index (κ2) is 6.98. The summed E-state index contributed by atoms with van der Waals surface area (Å²) in [5.41, 5.74) is -2.61. The van der Waals surface area contributed by atoms with E-state index in [0.29, 0.717) is 11.8 Å². The van der Waals surface area contributed by atoms with Gasteiger partial charge in [-0.25, -0.2) is 9.50 Å². The molecule has 0 aliphatic rings. The van der Waals surface area contributed by atoms with Crippen molar-refractivity contribution in [2.75, 3.05) is 5.32 Å². The zero-order valence-corrected chi connectivity index (χ0v) is 16.5. The molecular formula is C19H17F3N6O2. The minimum absolute atomic E-state index is 0.0309. The number of fused-ring (bicyclic) bond motifs is 1. The smallest absolute Gasteiger partial charge is 0.310 e. The van der Waals surface area contributed by atoms with E-state index in [9.17, 15) is 22.8 Å². The minimum atomic E-state index is -4.81. The molecule has 0 aliphatic heterocycles. The van der Waals surface area contributed by atoms with Gasteiger partial charge in [0.2, 0.25) is 5.91 Å². The topological polar surface area (TPSA) is 116 Å². The molecule has 0 atom stereocenters. The molecule has 0 fully saturated rings. The van der Waals surface area contributed by atoms with Crippen molar-refractivity contribution in [1.82, 2.24) is 19.6 Å². The molecule has 2 N–H and O–H groups in total. The van der Waals surface area contributed by atoms with Crippen LogP contribution in [0, 0.1) is 23.7 Å². The van der Waals surface area contributed by atoms with Crippen LogP contribution in [0.1, 0.15) is 37.6 Å². The van der Waals surface area contributed by atoms with Crippen molar-refractivity contribution in [3.63, 3.8) is 0 Å². The fourth-order valence-corrected chi connectivity index (χ4v) is 2.67. The minimum Gasteiger partial charge on any atom is -0.310 e. The number of aromatic nitrogens is 4. The monoisotopic (exact) mass is 418 g/mol. The third-order valence-electron chi connectivity index (χ3n) is 4.39. The molecule has 30 heavy (non-hydrogen) atoms. The SMILES string of the molecule is Cc1c(C#N)cc2c(=O)[nH]c(-c3cnc(NC(=O)C(C)(C)C)cc3C(F)(F)F)nn12. The van der Waals surface area contributed by atoms with E-state index < -0.39 is 34.2 Å². The number of nitrogens with one attached hydrogen (secondary N) is 2. The van der Waals surface area contributed by atoms with Gasteiger partial charge in [0.05, 0.1) is 16.8 Å². The van der Waals surface area contributed by atoms with Crippen molar-refractivity contribution < 1.29 is 18.0 Å². The van der Waals surface area contributed by atoms with Gasteiger partial charge < -0.3 is 10.3 Å². The van der Waals surface area contributed by atoms with Crippen LogP contribution in [0.2, 0.25) is 0 Å². The van der Waals surface area contributed by atoms with Crippen molar-refractivity contribution in [3.05, 3.63) is 45.5 Å². The van der Waals surface area contributed by atoms with Crippen LogP contribution in [0.15, 0.2) is 23.1 Å². The highest BCUT2D eigenvalue weighted by Crippen LogP contribution is 2.37. The highest BCUT2D eigenvalue weighted by Gasteiger charge is 2.36. The molecular weight excluding hydrogens is 401 g/mol. The van der Waals surface area contributed by atoms with Gasteiger partial charge in [-0.3, -0.25) is 9.59 Å². The second-order valence-corrected chi connectivity index (χ2v) is 7.67. The molecule has 0 radical (unpaired) electrons. The van der Waals surface area contributed by atoms with Gasteiger partial charge in [-0.2, -0.15) is 18.4 Å². The number of halogens is 3. The van der Waals surface area contributed by atoms with Crippen molar-refractivity contribution in [3.8, 4) is 17.5 Å². The van der Waals surface area contributed by atoms with Gasteiger partial charge in [-0.15, -0.1) is 5.10 Å². The summed E-state index contributed by atoms with van der Waals surface area (Å²) in [4.78, 5) is 30.6. The van der Waals surface area contributed by atoms with Crippen molar-refractivity contribution in [2.45, 2.75) is 33.9 Å². The van der Waals surface area contributed by atoms with Gasteiger partial charge in [-0.1, -0.05) is 20.8 Å². The summed E-state index contributed by atoms with van der Waals surface area (Å²) in [7, 11) is 0. The largest absolute Gasteiger partial charge is 0.417 e. The molecule has 11 heteroatoms. The number of aromatic amines is 1. The molecule has 0 aliphatic carbocycles. The first-order chi connectivity index (χ1) is 13.8. The van der Waals surface area contributed by atoms with Gasteiger partial charge >= 0.3 is 6.18 Å². The summed E-state index contributed by atoms with van der Waals surface area (Å²) in [6, 6.07) is 3.89. The Balaban J connectivity index is 2.19. The summed E-state index contributed by atoms with van der Waals surface area (Å²) in [6.45, 7) is 6.36. The number of hydrogen-bond acceptors (Lipinski definition) is 5. The predicted molar refractivity (Wildman–Crippen MR) is 102 cm³/mol. The number of H-pyrrole nitrogens is 1. The molecule has 156 valence electrons. The lowest BCUT2D eigenvalue weighted by Gasteiger charge is -2.18. The van der Waals surface area contributed by atoms with Crippen LogP contribution in [0.25, 0.3) is 16.9 Å². The quantitative estimate of drug-likeness (QED) is 0.663. The standard InChI is InChI=1S/C19H17F3N6O2/c1-9-10(7-23)5-13-16(29)26-15(27-28(9)13)11-8-24-14(6-12(11)19(20,21)22)25-17(30)18(2,3)4/h5-6,8H,1-4H3,(H,24,25,30)(H,26,27,29). The van der Waals surface area contributed by atoms with Gasteiger partial charge in [0.25, 0.3) is 5.56 Å². The Morgan fingerprint density at radius 1 is 1.27 bits per heavy atom. The van der Waals surface area contributed by atoms with E-state index in [0.717, 1.165) is 10.7 Å². The fraction of sp³-hybridized carbons (Fsp3) is 0.316. The Kier molecular flexibility index (Phi) is 4.90. The summed E-state index contributed by atoms with van der Waals surface area (Å²) in [6.07, 6.45) is -3.92. The third kappa shape index (κ3) is 3.76. The molecule has 0 bridgehead atoms. The van der Waals surface area contributed by atoms with E-state index in [2.05, 4.69) is 20.4 Å². The first-order valence-electron chi connectivity index (χ1n) is 8.74. The number of alkyl halides is 3. The Morgan fingerprint density at radius 2 is 1.93 bits per heavy atom. The number of amides is 1. The molecule has 3 heterocycles. The summed E-state index contributed by atoms with van der Waals surface area (Å²) in [5, 5.41) is 15.5. The van der Waals surface area contributed by atoms with E-state index in [-0.39, 0.29) is 22.7 Å². The molecule has 0 aromatic carbocycles. The maximum Gasteiger partial charge on any atom is 0.417 e. The predicted octanol–water partition coefficient (Wildman–Crippen LogP) is 3.27. The Bertz CT molecular complexity index is 1260. The van der Waals surface area contributed by atoms with Crippen LogP contribution in [0.3, 0.4) is 0 Å². The Morgan fingerprint density at radius 3 is 2.50 bits per heavy atom. The highest BCUT2D eigenvalue weighted by molar-refractivity contribution is 5.94. The van der Waals surface area contributed by atoms with E-state index in [1.807, 2.05) is 6.07 Å². The van der Waals surface area contributed by atoms with E-state index in [4.69, 9.17) is 5.26 Å². The Labute approximate surface area is 168 Å². The van der Waals surface area contributed by atoms with Crippen LogP contribution >= 0.6 is 0 Å². The summed E-state index contributed by atoms with van der Waals surface area (Å²) >= 11 is 0. The fourth-order valence-electron chi connectivity index (χ4n) is 2.67. The lowest BCUT2D eigenvalue weighted by molar-refractivity contribution is -0.137.